The molecule has 0 aliphatic heterocycles. The summed E-state index contributed by atoms with van der Waals surface area (Å²) < 4.78 is 11.9. The highest BCUT2D eigenvalue weighted by Gasteiger charge is 2.14. The third-order valence-electron chi connectivity index (χ3n) is 2.82. The van der Waals surface area contributed by atoms with E-state index in [0.717, 1.165) is 10.0 Å². The van der Waals surface area contributed by atoms with Gasteiger partial charge >= 0.3 is 0 Å². The van der Waals surface area contributed by atoms with Crippen molar-refractivity contribution >= 4 is 21.8 Å². The molecule has 1 amide bonds. The van der Waals surface area contributed by atoms with Crippen LogP contribution in [-0.4, -0.2) is 31.7 Å². The van der Waals surface area contributed by atoms with Crippen molar-refractivity contribution in [2.75, 3.05) is 19.8 Å². The lowest BCUT2D eigenvalue weighted by Gasteiger charge is -2.15. The van der Waals surface area contributed by atoms with Gasteiger partial charge in [0.2, 0.25) is 5.91 Å². The highest BCUT2D eigenvalue weighted by atomic mass is 79.9. The average Bonchev–Trinajstić information content (AvgIpc) is 2.44. The van der Waals surface area contributed by atoms with Crippen LogP contribution in [0, 0.1) is 0 Å². The van der Waals surface area contributed by atoms with E-state index in [4.69, 9.17) is 15.2 Å². The van der Waals surface area contributed by atoms with Crippen molar-refractivity contribution in [3.05, 3.63) is 22.2 Å². The van der Waals surface area contributed by atoms with Crippen molar-refractivity contribution in [3.8, 4) is 11.5 Å². The van der Waals surface area contributed by atoms with Gasteiger partial charge in [0.15, 0.2) is 11.5 Å². The summed E-state index contributed by atoms with van der Waals surface area (Å²) in [5, 5.41) is 2.84. The molecule has 0 aromatic heterocycles. The van der Waals surface area contributed by atoms with Crippen molar-refractivity contribution < 1.29 is 14.3 Å². The van der Waals surface area contributed by atoms with Crippen molar-refractivity contribution in [1.29, 1.82) is 0 Å². The first-order valence-corrected chi connectivity index (χ1v) is 7.88. The molecule has 0 radical (unpaired) electrons. The van der Waals surface area contributed by atoms with Crippen LogP contribution in [0.2, 0.25) is 0 Å². The Morgan fingerprint density at radius 1 is 1.29 bits per heavy atom. The van der Waals surface area contributed by atoms with Crippen LogP contribution in [0.5, 0.6) is 11.5 Å². The number of nitrogens with two attached hydrogens (primary N) is 1. The Hall–Kier alpha value is -1.27. The van der Waals surface area contributed by atoms with E-state index in [2.05, 4.69) is 21.2 Å². The minimum absolute atomic E-state index is 0.0367. The maximum Gasteiger partial charge on any atom is 0.224 e. The van der Waals surface area contributed by atoms with Gasteiger partial charge in [0, 0.05) is 17.1 Å². The number of amides is 1. The summed E-state index contributed by atoms with van der Waals surface area (Å²) in [4.78, 5) is 12.0. The number of ether oxygens (including phenoxy) is 2. The lowest BCUT2D eigenvalue weighted by Crippen LogP contribution is -2.38. The minimum Gasteiger partial charge on any atom is -0.490 e. The van der Waals surface area contributed by atoms with E-state index >= 15 is 0 Å². The molecule has 0 saturated heterocycles. The molecule has 5 nitrogen and oxygen atoms in total. The Kier molecular flexibility index (Phi) is 7.53. The third-order valence-corrected chi connectivity index (χ3v) is 3.56. The number of benzene rings is 1. The summed E-state index contributed by atoms with van der Waals surface area (Å²) in [5.41, 5.74) is 6.35. The molecule has 118 valence electrons. The molecule has 0 aliphatic rings. The Balaban J connectivity index is 2.91. The molecular formula is C15H23BrN2O3. The highest BCUT2D eigenvalue weighted by Crippen LogP contribution is 2.34. The third kappa shape index (κ3) is 5.55. The summed E-state index contributed by atoms with van der Waals surface area (Å²) in [6, 6.07) is 3.64. The van der Waals surface area contributed by atoms with E-state index in [1.807, 2.05) is 32.9 Å². The molecule has 1 aromatic rings. The standard InChI is InChI=1S/C15H23BrN2O3/c1-4-20-13-6-11(7-15(19)18-10(3)9-17)12(16)8-14(13)21-5-2/h6,8,10H,4-5,7,9,17H2,1-3H3,(H,18,19)/t10-/m0/s1. The molecule has 0 saturated carbocycles. The van der Waals surface area contributed by atoms with Crippen LogP contribution in [0.15, 0.2) is 16.6 Å². The molecular weight excluding hydrogens is 336 g/mol. The molecule has 0 aliphatic carbocycles. The largest absolute Gasteiger partial charge is 0.490 e. The number of nitrogens with one attached hydrogen (secondary N) is 1. The molecule has 0 fully saturated rings. The molecule has 3 N–H and O–H groups in total. The Labute approximate surface area is 134 Å². The SMILES string of the molecule is CCOc1cc(Br)c(CC(=O)N[C@@H](C)CN)cc1OCC. The maximum atomic E-state index is 12.0. The Bertz CT molecular complexity index is 480. The zero-order valence-corrected chi connectivity index (χ0v) is 14.3. The van der Waals surface area contributed by atoms with Gasteiger partial charge < -0.3 is 20.5 Å². The minimum atomic E-state index is -0.0692. The summed E-state index contributed by atoms with van der Waals surface area (Å²) in [6.07, 6.45) is 0.261. The number of halogens is 1. The first-order chi connectivity index (χ1) is 10.0. The predicted octanol–water partition coefficient (Wildman–Crippen LogP) is 2.25. The average molecular weight is 359 g/mol. The second kappa shape index (κ2) is 8.89. The van der Waals surface area contributed by atoms with Gasteiger partial charge in [-0.1, -0.05) is 15.9 Å². The molecule has 1 atom stereocenters. The smallest absolute Gasteiger partial charge is 0.224 e. The molecule has 6 heteroatoms. The molecule has 1 rings (SSSR count). The first kappa shape index (κ1) is 17.8. The van der Waals surface area contributed by atoms with Gasteiger partial charge in [-0.05, 0) is 38.5 Å². The fraction of sp³-hybridized carbons (Fsp3) is 0.533. The van der Waals surface area contributed by atoms with Crippen LogP contribution in [-0.2, 0) is 11.2 Å². The molecule has 0 spiro atoms. The van der Waals surface area contributed by atoms with Crippen LogP contribution in [0.3, 0.4) is 0 Å². The number of carbonyl (C=O) groups excluding carboxylic acids is 1. The normalized spacial score (nSPS) is 11.9. The van der Waals surface area contributed by atoms with Crippen molar-refractivity contribution in [1.82, 2.24) is 5.32 Å². The second-order valence-corrected chi connectivity index (χ2v) is 5.49. The fourth-order valence-electron chi connectivity index (χ4n) is 1.81. The maximum absolute atomic E-state index is 12.0. The Morgan fingerprint density at radius 3 is 2.38 bits per heavy atom. The number of hydrogen-bond donors (Lipinski definition) is 2. The van der Waals surface area contributed by atoms with E-state index < -0.39 is 0 Å². The Morgan fingerprint density at radius 2 is 1.86 bits per heavy atom. The van der Waals surface area contributed by atoms with E-state index in [9.17, 15) is 4.79 Å². The van der Waals surface area contributed by atoms with Crippen LogP contribution in [0.4, 0.5) is 0 Å². The van der Waals surface area contributed by atoms with Crippen LogP contribution in [0.1, 0.15) is 26.3 Å². The zero-order valence-electron chi connectivity index (χ0n) is 12.7. The topological polar surface area (TPSA) is 73.6 Å². The number of rotatable bonds is 8. The molecule has 21 heavy (non-hydrogen) atoms. The van der Waals surface area contributed by atoms with Gasteiger partial charge in [0.25, 0.3) is 0 Å². The van der Waals surface area contributed by atoms with Crippen molar-refractivity contribution in [3.63, 3.8) is 0 Å². The molecule has 1 aromatic carbocycles. The summed E-state index contributed by atoms with van der Waals surface area (Å²) in [6.45, 7) is 7.21. The van der Waals surface area contributed by atoms with Crippen LogP contribution in [0.25, 0.3) is 0 Å². The predicted molar refractivity (Wildman–Crippen MR) is 86.8 cm³/mol. The first-order valence-electron chi connectivity index (χ1n) is 7.09. The van der Waals surface area contributed by atoms with Gasteiger partial charge in [-0.2, -0.15) is 0 Å². The molecule has 0 heterocycles. The van der Waals surface area contributed by atoms with Gasteiger partial charge in [-0.3, -0.25) is 4.79 Å². The van der Waals surface area contributed by atoms with E-state index in [-0.39, 0.29) is 18.4 Å². The van der Waals surface area contributed by atoms with Gasteiger partial charge in [0.1, 0.15) is 0 Å². The van der Waals surface area contributed by atoms with Crippen LogP contribution < -0.4 is 20.5 Å². The number of hydrogen-bond acceptors (Lipinski definition) is 4. The second-order valence-electron chi connectivity index (χ2n) is 4.64. The summed E-state index contributed by atoms with van der Waals surface area (Å²) in [5.74, 6) is 1.25. The quantitative estimate of drug-likeness (QED) is 0.747. The lowest BCUT2D eigenvalue weighted by atomic mass is 10.1. The molecule has 0 bridgehead atoms. The summed E-state index contributed by atoms with van der Waals surface area (Å²) in [7, 11) is 0. The van der Waals surface area contributed by atoms with Gasteiger partial charge in [-0.15, -0.1) is 0 Å². The van der Waals surface area contributed by atoms with Crippen molar-refractivity contribution in [2.45, 2.75) is 33.2 Å². The van der Waals surface area contributed by atoms with E-state index in [1.165, 1.54) is 0 Å². The van der Waals surface area contributed by atoms with E-state index in [0.29, 0.717) is 31.3 Å². The zero-order chi connectivity index (χ0) is 15.8. The number of carbonyl (C=O) groups is 1. The van der Waals surface area contributed by atoms with Crippen LogP contribution >= 0.6 is 15.9 Å². The molecule has 0 unspecified atom stereocenters. The van der Waals surface area contributed by atoms with Gasteiger partial charge in [-0.25, -0.2) is 0 Å². The van der Waals surface area contributed by atoms with Crippen molar-refractivity contribution in [2.24, 2.45) is 5.73 Å². The van der Waals surface area contributed by atoms with E-state index in [1.54, 1.807) is 0 Å². The monoisotopic (exact) mass is 358 g/mol. The summed E-state index contributed by atoms with van der Waals surface area (Å²) >= 11 is 3.47. The van der Waals surface area contributed by atoms with Gasteiger partial charge in [0.05, 0.1) is 19.6 Å². The lowest BCUT2D eigenvalue weighted by molar-refractivity contribution is -0.121. The highest BCUT2D eigenvalue weighted by molar-refractivity contribution is 9.10. The fourth-order valence-corrected chi connectivity index (χ4v) is 2.27.